The Morgan fingerprint density at radius 1 is 1.35 bits per heavy atom. The van der Waals surface area contributed by atoms with E-state index in [1.807, 2.05) is 6.92 Å². The highest BCUT2D eigenvalue weighted by Crippen LogP contribution is 2.25. The molecular formula is C11H10F3NO2. The summed E-state index contributed by atoms with van der Waals surface area (Å²) in [6.45, 7) is 2.60. The molecule has 3 nitrogen and oxygen atoms in total. The van der Waals surface area contributed by atoms with E-state index in [4.69, 9.17) is 0 Å². The van der Waals surface area contributed by atoms with Gasteiger partial charge >= 0.3 is 6.36 Å². The molecule has 1 atom stereocenters. The lowest BCUT2D eigenvalue weighted by Gasteiger charge is -2.09. The number of benzene rings is 1. The molecule has 1 aromatic carbocycles. The standard InChI is InChI=1S/C11H10F3NO2/c1-7-6-15(7)10(16)8-2-4-9(5-3-8)17-11(12,13)14/h2-5,7H,6H2,1H3. The first-order valence-corrected chi connectivity index (χ1v) is 5.03. The molecule has 92 valence electrons. The first-order valence-electron chi connectivity index (χ1n) is 5.03. The van der Waals surface area contributed by atoms with Gasteiger partial charge in [0.2, 0.25) is 0 Å². The minimum absolute atomic E-state index is 0.170. The number of alkyl halides is 3. The average molecular weight is 245 g/mol. The minimum atomic E-state index is -4.71. The summed E-state index contributed by atoms with van der Waals surface area (Å²) in [5.74, 6) is -0.496. The molecule has 1 saturated heterocycles. The molecule has 1 aromatic rings. The summed E-state index contributed by atoms with van der Waals surface area (Å²) in [5.41, 5.74) is 0.365. The van der Waals surface area contributed by atoms with Crippen molar-refractivity contribution in [3.8, 4) is 5.75 Å². The first-order chi connectivity index (χ1) is 7.87. The van der Waals surface area contributed by atoms with Crippen molar-refractivity contribution in [2.75, 3.05) is 6.54 Å². The Labute approximate surface area is 95.8 Å². The van der Waals surface area contributed by atoms with E-state index in [1.54, 1.807) is 4.90 Å². The summed E-state index contributed by atoms with van der Waals surface area (Å²) in [7, 11) is 0. The maximum atomic E-state index is 11.9. The van der Waals surface area contributed by atoms with Crippen LogP contribution in [0, 0.1) is 0 Å². The Bertz CT molecular complexity index is 427. The predicted molar refractivity (Wildman–Crippen MR) is 53.6 cm³/mol. The number of rotatable bonds is 2. The number of hydrogen-bond donors (Lipinski definition) is 0. The molecule has 1 unspecified atom stereocenters. The topological polar surface area (TPSA) is 29.3 Å². The Kier molecular flexibility index (Phi) is 2.73. The van der Waals surface area contributed by atoms with Gasteiger partial charge in [-0.2, -0.15) is 0 Å². The van der Waals surface area contributed by atoms with Crippen molar-refractivity contribution in [2.24, 2.45) is 0 Å². The van der Waals surface area contributed by atoms with Crippen molar-refractivity contribution in [3.05, 3.63) is 29.8 Å². The number of carbonyl (C=O) groups is 1. The monoisotopic (exact) mass is 245 g/mol. The molecule has 1 fully saturated rings. The van der Waals surface area contributed by atoms with Gasteiger partial charge in [-0.15, -0.1) is 13.2 Å². The Morgan fingerprint density at radius 2 is 1.88 bits per heavy atom. The van der Waals surface area contributed by atoms with E-state index in [1.165, 1.54) is 12.1 Å². The van der Waals surface area contributed by atoms with E-state index in [0.717, 1.165) is 12.1 Å². The molecule has 0 N–H and O–H groups in total. The fraction of sp³-hybridized carbons (Fsp3) is 0.364. The third-order valence-corrected chi connectivity index (χ3v) is 2.46. The Morgan fingerprint density at radius 3 is 2.29 bits per heavy atom. The van der Waals surface area contributed by atoms with Gasteiger partial charge in [0.25, 0.3) is 5.91 Å². The molecule has 0 radical (unpaired) electrons. The fourth-order valence-electron chi connectivity index (χ4n) is 1.49. The zero-order chi connectivity index (χ0) is 12.6. The minimum Gasteiger partial charge on any atom is -0.406 e. The van der Waals surface area contributed by atoms with Crippen molar-refractivity contribution < 1.29 is 22.7 Å². The zero-order valence-electron chi connectivity index (χ0n) is 8.99. The van der Waals surface area contributed by atoms with Crippen LogP contribution in [0.3, 0.4) is 0 Å². The van der Waals surface area contributed by atoms with E-state index in [2.05, 4.69) is 4.74 Å². The van der Waals surface area contributed by atoms with Gasteiger partial charge < -0.3 is 9.64 Å². The van der Waals surface area contributed by atoms with Gasteiger partial charge in [0.15, 0.2) is 0 Å². The molecule has 0 aliphatic carbocycles. The first kappa shape index (κ1) is 11.8. The van der Waals surface area contributed by atoms with Gasteiger partial charge in [-0.25, -0.2) is 0 Å². The number of halogens is 3. The normalized spacial score (nSPS) is 19.1. The summed E-state index contributed by atoms with van der Waals surface area (Å²) in [6, 6.07) is 5.14. The number of ether oxygens (including phenoxy) is 1. The van der Waals surface area contributed by atoms with Crippen molar-refractivity contribution in [1.29, 1.82) is 0 Å². The second-order valence-electron chi connectivity index (χ2n) is 3.88. The van der Waals surface area contributed by atoms with Gasteiger partial charge in [-0.1, -0.05) is 0 Å². The molecule has 2 rings (SSSR count). The van der Waals surface area contributed by atoms with E-state index in [0.29, 0.717) is 12.1 Å². The van der Waals surface area contributed by atoms with Gasteiger partial charge in [-0.3, -0.25) is 4.79 Å². The van der Waals surface area contributed by atoms with Crippen molar-refractivity contribution >= 4 is 5.91 Å². The summed E-state index contributed by atoms with van der Waals surface area (Å²) in [4.78, 5) is 13.3. The lowest BCUT2D eigenvalue weighted by atomic mass is 10.2. The van der Waals surface area contributed by atoms with Gasteiger partial charge in [0.05, 0.1) is 0 Å². The van der Waals surface area contributed by atoms with Gasteiger partial charge in [-0.05, 0) is 31.2 Å². The van der Waals surface area contributed by atoms with E-state index >= 15 is 0 Å². The maximum absolute atomic E-state index is 11.9. The highest BCUT2D eigenvalue weighted by Gasteiger charge is 2.35. The molecule has 0 saturated carbocycles. The molecule has 6 heteroatoms. The molecule has 0 bridgehead atoms. The quantitative estimate of drug-likeness (QED) is 0.749. The van der Waals surface area contributed by atoms with Gasteiger partial charge in [0, 0.05) is 18.2 Å². The molecular weight excluding hydrogens is 235 g/mol. The smallest absolute Gasteiger partial charge is 0.406 e. The van der Waals surface area contributed by atoms with Crippen LogP contribution >= 0.6 is 0 Å². The van der Waals surface area contributed by atoms with Crippen LogP contribution in [0.1, 0.15) is 17.3 Å². The van der Waals surface area contributed by atoms with E-state index in [-0.39, 0.29) is 17.7 Å². The van der Waals surface area contributed by atoms with E-state index in [9.17, 15) is 18.0 Å². The predicted octanol–water partition coefficient (Wildman–Crippen LogP) is 2.43. The SMILES string of the molecule is CC1CN1C(=O)c1ccc(OC(F)(F)F)cc1. The second kappa shape index (κ2) is 3.94. The van der Waals surface area contributed by atoms with Crippen LogP contribution in [0.2, 0.25) is 0 Å². The Balaban J connectivity index is 2.05. The molecule has 1 amide bonds. The number of carbonyl (C=O) groups excluding carboxylic acids is 1. The molecule has 0 spiro atoms. The van der Waals surface area contributed by atoms with Gasteiger partial charge in [0.1, 0.15) is 5.75 Å². The van der Waals surface area contributed by atoms with Crippen LogP contribution in [0.25, 0.3) is 0 Å². The number of hydrogen-bond acceptors (Lipinski definition) is 2. The fourth-order valence-corrected chi connectivity index (χ4v) is 1.49. The molecule has 1 aliphatic rings. The summed E-state index contributed by atoms with van der Waals surface area (Å²) >= 11 is 0. The summed E-state index contributed by atoms with van der Waals surface area (Å²) in [5, 5.41) is 0. The van der Waals surface area contributed by atoms with Crippen LogP contribution in [0.4, 0.5) is 13.2 Å². The van der Waals surface area contributed by atoms with Crippen LogP contribution in [-0.4, -0.2) is 29.8 Å². The zero-order valence-corrected chi connectivity index (χ0v) is 8.99. The third kappa shape index (κ3) is 2.89. The molecule has 0 aromatic heterocycles. The highest BCUT2D eigenvalue weighted by molar-refractivity contribution is 5.96. The number of amides is 1. The second-order valence-corrected chi connectivity index (χ2v) is 3.88. The summed E-state index contributed by atoms with van der Waals surface area (Å²) < 4.78 is 39.4. The van der Waals surface area contributed by atoms with Crippen LogP contribution in [0.5, 0.6) is 5.75 Å². The lowest BCUT2D eigenvalue weighted by Crippen LogP contribution is -2.17. The third-order valence-electron chi connectivity index (χ3n) is 2.46. The van der Waals surface area contributed by atoms with Crippen LogP contribution in [-0.2, 0) is 0 Å². The molecule has 1 aliphatic heterocycles. The largest absolute Gasteiger partial charge is 0.573 e. The van der Waals surface area contributed by atoms with E-state index < -0.39 is 6.36 Å². The average Bonchev–Trinajstić information content (AvgIpc) is 2.93. The Hall–Kier alpha value is -1.72. The highest BCUT2D eigenvalue weighted by atomic mass is 19.4. The van der Waals surface area contributed by atoms with Crippen LogP contribution < -0.4 is 4.74 Å². The van der Waals surface area contributed by atoms with Crippen molar-refractivity contribution in [2.45, 2.75) is 19.3 Å². The van der Waals surface area contributed by atoms with Crippen molar-refractivity contribution in [3.63, 3.8) is 0 Å². The molecule has 17 heavy (non-hydrogen) atoms. The van der Waals surface area contributed by atoms with Crippen molar-refractivity contribution in [1.82, 2.24) is 4.90 Å². The number of nitrogens with zero attached hydrogens (tertiary/aromatic N) is 1. The van der Waals surface area contributed by atoms with Crippen LogP contribution in [0.15, 0.2) is 24.3 Å². The summed E-state index contributed by atoms with van der Waals surface area (Å²) in [6.07, 6.45) is -4.71. The molecule has 1 heterocycles. The lowest BCUT2D eigenvalue weighted by molar-refractivity contribution is -0.274. The maximum Gasteiger partial charge on any atom is 0.573 e.